The standard InChI is InChI=1S/C26H30N6O/c1-20-24(21(2)32(30-20)19-23-11-7-4-8-12-23)17-29-26(33)28-14-13-25-27-15-16-31(25)18-22-9-5-3-6-10-22/h3-12,15-16H,13-14,17-19H2,1-2H3,(H2,28,29,33). The highest BCUT2D eigenvalue weighted by Gasteiger charge is 2.13. The Hall–Kier alpha value is -3.87. The number of hydrogen-bond acceptors (Lipinski definition) is 3. The maximum atomic E-state index is 12.4. The number of carbonyl (C=O) groups excluding carboxylic acids is 1. The number of carbonyl (C=O) groups is 1. The molecule has 2 aromatic carbocycles. The average molecular weight is 443 g/mol. The number of nitrogens with one attached hydrogen (secondary N) is 2. The molecular weight excluding hydrogens is 412 g/mol. The molecule has 4 rings (SSSR count). The summed E-state index contributed by atoms with van der Waals surface area (Å²) in [6.07, 6.45) is 4.44. The Morgan fingerprint density at radius 2 is 1.58 bits per heavy atom. The fourth-order valence-corrected chi connectivity index (χ4v) is 3.91. The molecule has 2 aromatic heterocycles. The summed E-state index contributed by atoms with van der Waals surface area (Å²) in [5.74, 6) is 0.952. The number of aryl methyl sites for hydroxylation is 1. The van der Waals surface area contributed by atoms with Gasteiger partial charge in [-0.25, -0.2) is 9.78 Å². The summed E-state index contributed by atoms with van der Waals surface area (Å²) in [5.41, 5.74) is 5.48. The molecule has 4 aromatic rings. The third-order valence-corrected chi connectivity index (χ3v) is 5.76. The highest BCUT2D eigenvalue weighted by Crippen LogP contribution is 2.14. The molecule has 0 aliphatic rings. The van der Waals surface area contributed by atoms with Gasteiger partial charge in [0.15, 0.2) is 0 Å². The molecule has 170 valence electrons. The van der Waals surface area contributed by atoms with E-state index in [1.54, 1.807) is 6.20 Å². The molecule has 0 saturated heterocycles. The van der Waals surface area contributed by atoms with Crippen molar-refractivity contribution in [3.05, 3.63) is 107 Å². The molecule has 2 N–H and O–H groups in total. The Morgan fingerprint density at radius 1 is 0.909 bits per heavy atom. The summed E-state index contributed by atoms with van der Waals surface area (Å²) in [5, 5.41) is 10.6. The SMILES string of the molecule is Cc1nn(Cc2ccccc2)c(C)c1CNC(=O)NCCc1nccn1Cc1ccccc1. The van der Waals surface area contributed by atoms with Crippen LogP contribution in [0.2, 0.25) is 0 Å². The summed E-state index contributed by atoms with van der Waals surface area (Å²) in [6.45, 7) is 6.48. The topological polar surface area (TPSA) is 76.8 Å². The van der Waals surface area contributed by atoms with Gasteiger partial charge in [-0.15, -0.1) is 0 Å². The first-order valence-electron chi connectivity index (χ1n) is 11.2. The van der Waals surface area contributed by atoms with Gasteiger partial charge in [-0.2, -0.15) is 5.10 Å². The summed E-state index contributed by atoms with van der Waals surface area (Å²) in [7, 11) is 0. The maximum absolute atomic E-state index is 12.4. The van der Waals surface area contributed by atoms with Gasteiger partial charge in [0, 0.05) is 49.7 Å². The molecule has 0 spiro atoms. The van der Waals surface area contributed by atoms with Crippen molar-refractivity contribution in [2.24, 2.45) is 0 Å². The van der Waals surface area contributed by atoms with Crippen LogP contribution in [-0.2, 0) is 26.1 Å². The zero-order valence-corrected chi connectivity index (χ0v) is 19.2. The maximum Gasteiger partial charge on any atom is 0.315 e. The monoisotopic (exact) mass is 442 g/mol. The van der Waals surface area contributed by atoms with Crippen LogP contribution in [0.1, 0.15) is 33.9 Å². The minimum atomic E-state index is -0.189. The molecule has 0 radical (unpaired) electrons. The second-order valence-corrected chi connectivity index (χ2v) is 8.11. The van der Waals surface area contributed by atoms with E-state index in [0.29, 0.717) is 19.5 Å². The fourth-order valence-electron chi connectivity index (χ4n) is 3.91. The van der Waals surface area contributed by atoms with E-state index >= 15 is 0 Å². The van der Waals surface area contributed by atoms with Crippen LogP contribution in [0.3, 0.4) is 0 Å². The van der Waals surface area contributed by atoms with Crippen LogP contribution in [0.5, 0.6) is 0 Å². The number of nitrogens with zero attached hydrogens (tertiary/aromatic N) is 4. The van der Waals surface area contributed by atoms with Crippen LogP contribution < -0.4 is 10.6 Å². The second kappa shape index (κ2) is 10.6. The number of hydrogen-bond donors (Lipinski definition) is 2. The van der Waals surface area contributed by atoms with E-state index in [9.17, 15) is 4.79 Å². The Bertz CT molecular complexity index is 1180. The normalized spacial score (nSPS) is 10.8. The largest absolute Gasteiger partial charge is 0.338 e. The molecular formula is C26H30N6O. The van der Waals surface area contributed by atoms with Crippen LogP contribution in [0.15, 0.2) is 73.1 Å². The van der Waals surface area contributed by atoms with E-state index in [2.05, 4.69) is 49.5 Å². The average Bonchev–Trinajstić information content (AvgIpc) is 3.37. The molecule has 7 heteroatoms. The van der Waals surface area contributed by atoms with Crippen molar-refractivity contribution in [3.8, 4) is 0 Å². The third kappa shape index (κ3) is 5.88. The van der Waals surface area contributed by atoms with Gasteiger partial charge in [0.1, 0.15) is 5.82 Å². The van der Waals surface area contributed by atoms with Crippen LogP contribution >= 0.6 is 0 Å². The Balaban J connectivity index is 1.26. The minimum absolute atomic E-state index is 0.189. The molecule has 0 aliphatic carbocycles. The first-order valence-corrected chi connectivity index (χ1v) is 11.2. The highest BCUT2D eigenvalue weighted by atomic mass is 16.2. The molecule has 33 heavy (non-hydrogen) atoms. The van der Waals surface area contributed by atoms with Crippen LogP contribution in [0.25, 0.3) is 0 Å². The van der Waals surface area contributed by atoms with E-state index in [-0.39, 0.29) is 6.03 Å². The lowest BCUT2D eigenvalue weighted by Crippen LogP contribution is -2.36. The molecule has 2 amide bonds. The fraction of sp³-hybridized carbons (Fsp3) is 0.269. The predicted molar refractivity (Wildman–Crippen MR) is 129 cm³/mol. The zero-order chi connectivity index (χ0) is 23.0. The first kappa shape index (κ1) is 22.3. The Labute approximate surface area is 194 Å². The first-order chi connectivity index (χ1) is 16.1. The number of rotatable bonds is 9. The van der Waals surface area contributed by atoms with E-state index in [1.807, 2.05) is 61.1 Å². The predicted octanol–water partition coefficient (Wildman–Crippen LogP) is 3.83. The number of aromatic nitrogens is 4. The van der Waals surface area contributed by atoms with E-state index in [1.165, 1.54) is 11.1 Å². The van der Waals surface area contributed by atoms with E-state index in [0.717, 1.165) is 35.9 Å². The number of imidazole rings is 1. The molecule has 0 bridgehead atoms. The van der Waals surface area contributed by atoms with Crippen molar-refractivity contribution < 1.29 is 4.79 Å². The van der Waals surface area contributed by atoms with Gasteiger partial charge in [-0.1, -0.05) is 60.7 Å². The minimum Gasteiger partial charge on any atom is -0.338 e. The van der Waals surface area contributed by atoms with E-state index < -0.39 is 0 Å². The molecule has 0 fully saturated rings. The van der Waals surface area contributed by atoms with Gasteiger partial charge in [0.25, 0.3) is 0 Å². The lowest BCUT2D eigenvalue weighted by atomic mass is 10.2. The van der Waals surface area contributed by atoms with Gasteiger partial charge in [-0.05, 0) is 25.0 Å². The second-order valence-electron chi connectivity index (χ2n) is 8.11. The molecule has 2 heterocycles. The molecule has 0 saturated carbocycles. The smallest absolute Gasteiger partial charge is 0.315 e. The number of benzene rings is 2. The zero-order valence-electron chi connectivity index (χ0n) is 19.2. The van der Waals surface area contributed by atoms with Crippen LogP contribution in [0, 0.1) is 13.8 Å². The summed E-state index contributed by atoms with van der Waals surface area (Å²) < 4.78 is 4.11. The van der Waals surface area contributed by atoms with Crippen molar-refractivity contribution >= 4 is 6.03 Å². The Kier molecular flexibility index (Phi) is 7.19. The van der Waals surface area contributed by atoms with Crippen molar-refractivity contribution in [2.75, 3.05) is 6.54 Å². The van der Waals surface area contributed by atoms with Gasteiger partial charge in [-0.3, -0.25) is 4.68 Å². The highest BCUT2D eigenvalue weighted by molar-refractivity contribution is 5.73. The molecule has 0 unspecified atom stereocenters. The van der Waals surface area contributed by atoms with Crippen LogP contribution in [-0.4, -0.2) is 31.9 Å². The molecule has 0 atom stereocenters. The molecule has 0 aliphatic heterocycles. The van der Waals surface area contributed by atoms with Crippen molar-refractivity contribution in [1.29, 1.82) is 0 Å². The van der Waals surface area contributed by atoms with E-state index in [4.69, 9.17) is 0 Å². The van der Waals surface area contributed by atoms with Gasteiger partial charge < -0.3 is 15.2 Å². The summed E-state index contributed by atoms with van der Waals surface area (Å²) >= 11 is 0. The van der Waals surface area contributed by atoms with Crippen molar-refractivity contribution in [3.63, 3.8) is 0 Å². The van der Waals surface area contributed by atoms with Crippen molar-refractivity contribution in [2.45, 2.75) is 39.9 Å². The summed E-state index contributed by atoms with van der Waals surface area (Å²) in [4.78, 5) is 16.8. The quantitative estimate of drug-likeness (QED) is 0.414. The lowest BCUT2D eigenvalue weighted by Gasteiger charge is -2.10. The Morgan fingerprint density at radius 3 is 2.27 bits per heavy atom. The van der Waals surface area contributed by atoms with Gasteiger partial charge in [0.05, 0.1) is 12.2 Å². The van der Waals surface area contributed by atoms with Crippen molar-refractivity contribution in [1.82, 2.24) is 30.0 Å². The lowest BCUT2D eigenvalue weighted by molar-refractivity contribution is 0.240. The van der Waals surface area contributed by atoms with Gasteiger partial charge >= 0.3 is 6.03 Å². The van der Waals surface area contributed by atoms with Crippen LogP contribution in [0.4, 0.5) is 4.79 Å². The number of urea groups is 1. The van der Waals surface area contributed by atoms with Gasteiger partial charge in [0.2, 0.25) is 0 Å². The third-order valence-electron chi connectivity index (χ3n) is 5.76. The molecule has 7 nitrogen and oxygen atoms in total. The number of amides is 2. The summed E-state index contributed by atoms with van der Waals surface area (Å²) in [6, 6.07) is 20.3.